The molecule has 0 N–H and O–H groups in total. The molecule has 0 fully saturated rings. The van der Waals surface area contributed by atoms with Crippen molar-refractivity contribution >= 4 is 22.3 Å². The van der Waals surface area contributed by atoms with Gasteiger partial charge in [0, 0.05) is 0 Å². The van der Waals surface area contributed by atoms with Gasteiger partial charge < -0.3 is 0 Å². The Balaban J connectivity index is 2.36. The van der Waals surface area contributed by atoms with Gasteiger partial charge in [-0.15, -0.1) is 0 Å². The number of fused-ring (bicyclic) bond motifs is 2. The van der Waals surface area contributed by atoms with E-state index in [0.29, 0.717) is 5.57 Å². The van der Waals surface area contributed by atoms with Crippen molar-refractivity contribution in [3.8, 4) is 0 Å². The Kier molecular flexibility index (Phi) is 1.99. The summed E-state index contributed by atoms with van der Waals surface area (Å²) >= 11 is 0. The largest absolute Gasteiger partial charge is 0.233 e. The summed E-state index contributed by atoms with van der Waals surface area (Å²) in [6.45, 7) is 0. The van der Waals surface area contributed by atoms with Crippen molar-refractivity contribution in [1.82, 2.24) is 0 Å². The van der Waals surface area contributed by atoms with Crippen LogP contribution in [0.25, 0.3) is 16.3 Å². The fourth-order valence-electron chi connectivity index (χ4n) is 2.19. The highest BCUT2D eigenvalue weighted by Crippen LogP contribution is 2.28. The van der Waals surface area contributed by atoms with Crippen molar-refractivity contribution < 1.29 is 4.79 Å². The Hall–Kier alpha value is -2.11. The van der Waals surface area contributed by atoms with Gasteiger partial charge in [0.2, 0.25) is 0 Å². The van der Waals surface area contributed by atoms with E-state index in [1.54, 1.807) is 0 Å². The average Bonchev–Trinajstić information content (AvgIpc) is 2.35. The molecule has 0 bridgehead atoms. The van der Waals surface area contributed by atoms with Crippen LogP contribution in [0.15, 0.2) is 48.6 Å². The third-order valence-electron chi connectivity index (χ3n) is 2.99. The zero-order valence-electron chi connectivity index (χ0n) is 8.73. The molecule has 0 saturated carbocycles. The lowest BCUT2D eigenvalue weighted by Crippen LogP contribution is -1.97. The van der Waals surface area contributed by atoms with Gasteiger partial charge in [-0.05, 0) is 40.5 Å². The van der Waals surface area contributed by atoms with E-state index in [0.717, 1.165) is 12.0 Å². The summed E-state index contributed by atoms with van der Waals surface area (Å²) < 4.78 is 0. The lowest BCUT2D eigenvalue weighted by Gasteiger charge is -2.12. The molecule has 0 aliphatic heterocycles. The third-order valence-corrected chi connectivity index (χ3v) is 2.99. The second-order valence-corrected chi connectivity index (χ2v) is 3.98. The Bertz CT molecular complexity index is 644. The van der Waals surface area contributed by atoms with Crippen molar-refractivity contribution in [2.75, 3.05) is 0 Å². The van der Waals surface area contributed by atoms with E-state index < -0.39 is 0 Å². The Labute approximate surface area is 93.7 Å². The highest BCUT2D eigenvalue weighted by Gasteiger charge is 2.11. The van der Waals surface area contributed by atoms with Crippen LogP contribution in [-0.4, -0.2) is 5.94 Å². The lowest BCUT2D eigenvalue weighted by molar-refractivity contribution is 0.569. The minimum atomic E-state index is 0.659. The van der Waals surface area contributed by atoms with E-state index in [9.17, 15) is 4.79 Å². The Morgan fingerprint density at radius 3 is 2.56 bits per heavy atom. The van der Waals surface area contributed by atoms with Gasteiger partial charge in [0.25, 0.3) is 0 Å². The zero-order chi connectivity index (χ0) is 11.0. The SMILES string of the molecule is O=C=C1C=CCc2cc3ccccc3cc21. The number of allylic oxidation sites excluding steroid dienone is 3. The molecule has 0 saturated heterocycles. The van der Waals surface area contributed by atoms with Gasteiger partial charge in [-0.3, -0.25) is 0 Å². The van der Waals surface area contributed by atoms with Crippen molar-refractivity contribution in [2.24, 2.45) is 0 Å². The average molecular weight is 206 g/mol. The number of rotatable bonds is 0. The predicted molar refractivity (Wildman–Crippen MR) is 65.9 cm³/mol. The van der Waals surface area contributed by atoms with Crippen LogP contribution in [0, 0.1) is 0 Å². The summed E-state index contributed by atoms with van der Waals surface area (Å²) in [6.07, 6.45) is 4.76. The predicted octanol–water partition coefficient (Wildman–Crippen LogP) is 3.17. The van der Waals surface area contributed by atoms with Crippen LogP contribution in [0.4, 0.5) is 0 Å². The molecular weight excluding hydrogens is 196 g/mol. The molecule has 1 aliphatic rings. The molecule has 1 heteroatoms. The summed E-state index contributed by atoms with van der Waals surface area (Å²) in [6, 6.07) is 12.4. The first-order valence-corrected chi connectivity index (χ1v) is 5.32. The van der Waals surface area contributed by atoms with Crippen LogP contribution in [0.1, 0.15) is 11.1 Å². The first kappa shape index (κ1) is 9.14. The Morgan fingerprint density at radius 1 is 1.06 bits per heavy atom. The van der Waals surface area contributed by atoms with Crippen LogP contribution in [0.3, 0.4) is 0 Å². The van der Waals surface area contributed by atoms with Crippen LogP contribution in [0.5, 0.6) is 0 Å². The molecule has 0 spiro atoms. The topological polar surface area (TPSA) is 17.1 Å². The fraction of sp³-hybridized carbons (Fsp3) is 0.0667. The minimum absolute atomic E-state index is 0.659. The van der Waals surface area contributed by atoms with Crippen LogP contribution >= 0.6 is 0 Å². The van der Waals surface area contributed by atoms with E-state index in [4.69, 9.17) is 0 Å². The molecule has 1 nitrogen and oxygen atoms in total. The molecule has 76 valence electrons. The highest BCUT2D eigenvalue weighted by molar-refractivity contribution is 5.99. The molecule has 16 heavy (non-hydrogen) atoms. The number of benzene rings is 2. The maximum atomic E-state index is 10.8. The molecule has 3 rings (SSSR count). The first-order valence-electron chi connectivity index (χ1n) is 5.32. The van der Waals surface area contributed by atoms with Gasteiger partial charge in [0.1, 0.15) is 5.94 Å². The van der Waals surface area contributed by atoms with Gasteiger partial charge in [0.15, 0.2) is 0 Å². The highest BCUT2D eigenvalue weighted by atomic mass is 16.1. The maximum absolute atomic E-state index is 10.8. The standard InChI is InChI=1S/C15H10O/c16-10-14-7-3-6-13-8-11-4-1-2-5-12(11)9-15(13)14/h1-5,7-9H,6H2. The van der Waals surface area contributed by atoms with Crippen molar-refractivity contribution in [3.05, 3.63) is 59.7 Å². The van der Waals surface area contributed by atoms with Gasteiger partial charge in [-0.2, -0.15) is 0 Å². The first-order chi connectivity index (χ1) is 7.88. The third kappa shape index (κ3) is 1.30. The number of carbonyl (C=O) groups excluding carboxylic acids is 1. The molecule has 2 aromatic rings. The molecule has 2 aromatic carbocycles. The van der Waals surface area contributed by atoms with E-state index in [2.05, 4.69) is 24.3 Å². The summed E-state index contributed by atoms with van der Waals surface area (Å²) in [4.78, 5) is 10.8. The zero-order valence-corrected chi connectivity index (χ0v) is 8.73. The van der Waals surface area contributed by atoms with Crippen LogP contribution in [0.2, 0.25) is 0 Å². The van der Waals surface area contributed by atoms with Gasteiger partial charge in [-0.25, -0.2) is 4.79 Å². The van der Waals surface area contributed by atoms with E-state index in [1.165, 1.54) is 16.3 Å². The summed E-state index contributed by atoms with van der Waals surface area (Å²) in [5.74, 6) is 2.00. The summed E-state index contributed by atoms with van der Waals surface area (Å²) in [5, 5.41) is 2.39. The van der Waals surface area contributed by atoms with Crippen molar-refractivity contribution in [2.45, 2.75) is 6.42 Å². The van der Waals surface area contributed by atoms with Gasteiger partial charge in [-0.1, -0.05) is 36.4 Å². The molecule has 0 atom stereocenters. The lowest BCUT2D eigenvalue weighted by atomic mass is 9.90. The molecule has 0 unspecified atom stereocenters. The monoisotopic (exact) mass is 206 g/mol. The second kappa shape index (κ2) is 3.48. The number of hydrogen-bond acceptors (Lipinski definition) is 1. The van der Waals surface area contributed by atoms with Crippen molar-refractivity contribution in [3.63, 3.8) is 0 Å². The molecule has 0 amide bonds. The molecule has 0 heterocycles. The van der Waals surface area contributed by atoms with Gasteiger partial charge in [0.05, 0.1) is 5.57 Å². The Morgan fingerprint density at radius 2 is 1.81 bits per heavy atom. The maximum Gasteiger partial charge on any atom is 0.133 e. The molecule has 1 aliphatic carbocycles. The molecule has 0 radical (unpaired) electrons. The normalized spacial score (nSPS) is 13.6. The van der Waals surface area contributed by atoms with Gasteiger partial charge >= 0.3 is 0 Å². The fourth-order valence-corrected chi connectivity index (χ4v) is 2.19. The second-order valence-electron chi connectivity index (χ2n) is 3.98. The number of hydrogen-bond donors (Lipinski definition) is 0. The van der Waals surface area contributed by atoms with E-state index in [-0.39, 0.29) is 0 Å². The summed E-state index contributed by atoms with van der Waals surface area (Å²) in [7, 11) is 0. The van der Waals surface area contributed by atoms with Crippen molar-refractivity contribution in [1.29, 1.82) is 0 Å². The molecular formula is C15H10O. The minimum Gasteiger partial charge on any atom is -0.233 e. The smallest absolute Gasteiger partial charge is 0.133 e. The summed E-state index contributed by atoms with van der Waals surface area (Å²) in [5.41, 5.74) is 2.89. The van der Waals surface area contributed by atoms with Crippen LogP contribution in [-0.2, 0) is 11.2 Å². The molecule has 0 aromatic heterocycles. The quantitative estimate of drug-likeness (QED) is 0.605. The van der Waals surface area contributed by atoms with Crippen LogP contribution < -0.4 is 0 Å². The van der Waals surface area contributed by atoms with E-state index >= 15 is 0 Å². The van der Waals surface area contributed by atoms with E-state index in [1.807, 2.05) is 30.2 Å².